The third-order valence-electron chi connectivity index (χ3n) is 1.81. The van der Waals surface area contributed by atoms with E-state index in [-0.39, 0.29) is 6.61 Å². The lowest BCUT2D eigenvalue weighted by Crippen LogP contribution is -2.13. The summed E-state index contributed by atoms with van der Waals surface area (Å²) in [6.45, 7) is 6.02. The first-order valence-corrected chi connectivity index (χ1v) is 5.68. The summed E-state index contributed by atoms with van der Waals surface area (Å²) in [4.78, 5) is 10.9. The van der Waals surface area contributed by atoms with Crippen molar-refractivity contribution in [2.45, 2.75) is 39.5 Å². The highest BCUT2D eigenvalue weighted by Crippen LogP contribution is 1.92. The molecule has 0 atom stereocenters. The summed E-state index contributed by atoms with van der Waals surface area (Å²) in [5.41, 5.74) is 0. The standard InChI is InChI=1S/C11H22O4/c1-3-5-7-13-9-10-15-11(12)14-8-6-4-2/h3-10H2,1-2H3. The highest BCUT2D eigenvalue weighted by molar-refractivity contribution is 5.59. The highest BCUT2D eigenvalue weighted by Gasteiger charge is 2.01. The molecule has 0 amide bonds. The zero-order valence-electron chi connectivity index (χ0n) is 9.79. The molecule has 0 heterocycles. The normalized spacial score (nSPS) is 10.0. The van der Waals surface area contributed by atoms with E-state index in [0.29, 0.717) is 13.2 Å². The van der Waals surface area contributed by atoms with Crippen molar-refractivity contribution in [3.8, 4) is 0 Å². The van der Waals surface area contributed by atoms with Gasteiger partial charge in [-0.25, -0.2) is 4.79 Å². The van der Waals surface area contributed by atoms with Crippen LogP contribution in [0.2, 0.25) is 0 Å². The largest absolute Gasteiger partial charge is 0.508 e. The van der Waals surface area contributed by atoms with Crippen molar-refractivity contribution < 1.29 is 19.0 Å². The zero-order valence-corrected chi connectivity index (χ0v) is 9.79. The van der Waals surface area contributed by atoms with Crippen molar-refractivity contribution in [2.24, 2.45) is 0 Å². The Hall–Kier alpha value is -0.770. The SMILES string of the molecule is CCCCOCCOC(=O)OCCCC. The van der Waals surface area contributed by atoms with E-state index >= 15 is 0 Å². The number of carbonyl (C=O) groups is 1. The number of hydrogen-bond acceptors (Lipinski definition) is 4. The Morgan fingerprint density at radius 2 is 1.47 bits per heavy atom. The van der Waals surface area contributed by atoms with Gasteiger partial charge in [0, 0.05) is 6.61 Å². The summed E-state index contributed by atoms with van der Waals surface area (Å²) in [6, 6.07) is 0. The minimum atomic E-state index is -0.595. The second-order valence-corrected chi connectivity index (χ2v) is 3.27. The van der Waals surface area contributed by atoms with Crippen LogP contribution in [0.1, 0.15) is 39.5 Å². The molecule has 4 nitrogen and oxygen atoms in total. The maximum atomic E-state index is 10.9. The second kappa shape index (κ2) is 11.3. The molecule has 0 aromatic heterocycles. The van der Waals surface area contributed by atoms with Gasteiger partial charge >= 0.3 is 6.16 Å². The third-order valence-corrected chi connectivity index (χ3v) is 1.81. The van der Waals surface area contributed by atoms with Crippen LogP contribution >= 0.6 is 0 Å². The zero-order chi connectivity index (χ0) is 11.4. The summed E-state index contributed by atoms with van der Waals surface area (Å²) in [5.74, 6) is 0. The van der Waals surface area contributed by atoms with Gasteiger partial charge in [0.15, 0.2) is 0 Å². The van der Waals surface area contributed by atoms with Gasteiger partial charge in [0.1, 0.15) is 6.61 Å². The lowest BCUT2D eigenvalue weighted by Gasteiger charge is -2.06. The van der Waals surface area contributed by atoms with Crippen LogP contribution in [0.5, 0.6) is 0 Å². The van der Waals surface area contributed by atoms with Gasteiger partial charge in [0.25, 0.3) is 0 Å². The first kappa shape index (κ1) is 14.2. The Balaban J connectivity index is 3.10. The van der Waals surface area contributed by atoms with E-state index in [1.165, 1.54) is 0 Å². The molecule has 0 aliphatic carbocycles. The summed E-state index contributed by atoms with van der Waals surface area (Å²) in [5, 5.41) is 0. The molecular weight excluding hydrogens is 196 g/mol. The topological polar surface area (TPSA) is 44.8 Å². The van der Waals surface area contributed by atoms with Gasteiger partial charge in [0.2, 0.25) is 0 Å². The fourth-order valence-electron chi connectivity index (χ4n) is 0.874. The number of ether oxygens (including phenoxy) is 3. The molecule has 4 heteroatoms. The average Bonchev–Trinajstić information content (AvgIpc) is 2.23. The summed E-state index contributed by atoms with van der Waals surface area (Å²) in [6.07, 6.45) is 3.44. The van der Waals surface area contributed by atoms with Gasteiger partial charge in [-0.2, -0.15) is 0 Å². The van der Waals surface area contributed by atoms with E-state index in [1.807, 2.05) is 6.92 Å². The summed E-state index contributed by atoms with van der Waals surface area (Å²) < 4.78 is 14.8. The maximum Gasteiger partial charge on any atom is 0.508 e. The van der Waals surface area contributed by atoms with Crippen LogP contribution in [-0.4, -0.2) is 32.6 Å². The summed E-state index contributed by atoms with van der Waals surface area (Å²) >= 11 is 0. The van der Waals surface area contributed by atoms with E-state index in [9.17, 15) is 4.79 Å². The van der Waals surface area contributed by atoms with E-state index in [4.69, 9.17) is 14.2 Å². The van der Waals surface area contributed by atoms with Crippen LogP contribution < -0.4 is 0 Å². The molecule has 15 heavy (non-hydrogen) atoms. The predicted octanol–water partition coefficient (Wildman–Crippen LogP) is 2.76. The van der Waals surface area contributed by atoms with Crippen molar-refractivity contribution >= 4 is 6.16 Å². The molecule has 0 saturated carbocycles. The van der Waals surface area contributed by atoms with E-state index in [1.54, 1.807) is 0 Å². The average molecular weight is 218 g/mol. The lowest BCUT2D eigenvalue weighted by atomic mass is 10.4. The smallest absolute Gasteiger partial charge is 0.434 e. The molecule has 0 aromatic rings. The molecule has 0 aromatic carbocycles. The Kier molecular flexibility index (Phi) is 10.7. The molecule has 0 unspecified atom stereocenters. The third kappa shape index (κ3) is 11.2. The fraction of sp³-hybridized carbons (Fsp3) is 0.909. The lowest BCUT2D eigenvalue weighted by molar-refractivity contribution is 0.0262. The van der Waals surface area contributed by atoms with Gasteiger partial charge in [-0.05, 0) is 12.8 Å². The molecule has 0 radical (unpaired) electrons. The van der Waals surface area contributed by atoms with Crippen LogP contribution in [0.4, 0.5) is 4.79 Å². The maximum absolute atomic E-state index is 10.9. The number of unbranched alkanes of at least 4 members (excludes halogenated alkanes) is 2. The Morgan fingerprint density at radius 1 is 0.867 bits per heavy atom. The Morgan fingerprint density at radius 3 is 2.13 bits per heavy atom. The Labute approximate surface area is 91.9 Å². The molecule has 90 valence electrons. The monoisotopic (exact) mass is 218 g/mol. The molecular formula is C11H22O4. The van der Waals surface area contributed by atoms with E-state index < -0.39 is 6.16 Å². The summed E-state index contributed by atoms with van der Waals surface area (Å²) in [7, 11) is 0. The number of rotatable bonds is 9. The van der Waals surface area contributed by atoms with Crippen LogP contribution in [0, 0.1) is 0 Å². The van der Waals surface area contributed by atoms with E-state index in [2.05, 4.69) is 6.92 Å². The molecule has 0 bridgehead atoms. The molecule has 0 aliphatic heterocycles. The molecule has 0 N–H and O–H groups in total. The van der Waals surface area contributed by atoms with Gasteiger partial charge in [0.05, 0.1) is 13.2 Å². The predicted molar refractivity (Wildman–Crippen MR) is 57.9 cm³/mol. The second-order valence-electron chi connectivity index (χ2n) is 3.27. The van der Waals surface area contributed by atoms with Gasteiger partial charge < -0.3 is 14.2 Å². The number of carbonyl (C=O) groups excluding carboxylic acids is 1. The fourth-order valence-corrected chi connectivity index (χ4v) is 0.874. The van der Waals surface area contributed by atoms with Gasteiger partial charge in [-0.3, -0.25) is 0 Å². The molecule has 0 spiro atoms. The molecule has 0 fully saturated rings. The Bertz CT molecular complexity index is 148. The van der Waals surface area contributed by atoms with Gasteiger partial charge in [-0.15, -0.1) is 0 Å². The van der Waals surface area contributed by atoms with E-state index in [0.717, 1.165) is 32.3 Å². The van der Waals surface area contributed by atoms with Gasteiger partial charge in [-0.1, -0.05) is 26.7 Å². The highest BCUT2D eigenvalue weighted by atomic mass is 16.7. The molecule has 0 aliphatic rings. The van der Waals surface area contributed by atoms with Crippen LogP contribution in [-0.2, 0) is 14.2 Å². The van der Waals surface area contributed by atoms with Crippen molar-refractivity contribution in [3.05, 3.63) is 0 Å². The van der Waals surface area contributed by atoms with Crippen molar-refractivity contribution in [1.82, 2.24) is 0 Å². The number of hydrogen-bond donors (Lipinski definition) is 0. The van der Waals surface area contributed by atoms with Crippen LogP contribution in [0.3, 0.4) is 0 Å². The van der Waals surface area contributed by atoms with Crippen molar-refractivity contribution in [1.29, 1.82) is 0 Å². The quantitative estimate of drug-likeness (QED) is 0.441. The minimum absolute atomic E-state index is 0.272. The van der Waals surface area contributed by atoms with Crippen molar-refractivity contribution in [3.63, 3.8) is 0 Å². The minimum Gasteiger partial charge on any atom is -0.434 e. The van der Waals surface area contributed by atoms with Crippen LogP contribution in [0.15, 0.2) is 0 Å². The van der Waals surface area contributed by atoms with Crippen LogP contribution in [0.25, 0.3) is 0 Å². The first-order valence-electron chi connectivity index (χ1n) is 5.68. The molecule has 0 rings (SSSR count). The first-order chi connectivity index (χ1) is 7.31. The molecule has 0 saturated heterocycles. The van der Waals surface area contributed by atoms with Crippen molar-refractivity contribution in [2.75, 3.05) is 26.4 Å².